The van der Waals surface area contributed by atoms with Gasteiger partial charge < -0.3 is 0 Å². The van der Waals surface area contributed by atoms with Crippen molar-refractivity contribution >= 4 is 11.1 Å². The van der Waals surface area contributed by atoms with Crippen LogP contribution in [-0.4, -0.2) is 0 Å². The van der Waals surface area contributed by atoms with Gasteiger partial charge in [0.1, 0.15) is 0 Å². The summed E-state index contributed by atoms with van der Waals surface area (Å²) in [5.74, 6) is 0.498. The molecule has 2 aromatic carbocycles. The lowest BCUT2D eigenvalue weighted by molar-refractivity contribution is 0.684. The quantitative estimate of drug-likeness (QED) is 0.432. The third kappa shape index (κ3) is 4.45. The molecule has 0 amide bonds. The van der Waals surface area contributed by atoms with E-state index < -0.39 is 0 Å². The maximum absolute atomic E-state index is 4.14. The summed E-state index contributed by atoms with van der Waals surface area (Å²) in [4.78, 5) is 0. The molecule has 0 spiro atoms. The van der Waals surface area contributed by atoms with Crippen LogP contribution in [0.1, 0.15) is 19.4 Å². The molecule has 0 aromatic heterocycles. The minimum absolute atomic E-state index is 0.247. The maximum atomic E-state index is 4.14. The van der Waals surface area contributed by atoms with Gasteiger partial charge >= 0.3 is 0 Å². The van der Waals surface area contributed by atoms with Crippen molar-refractivity contribution in [3.05, 3.63) is 167 Å². The highest BCUT2D eigenvalue weighted by molar-refractivity contribution is 5.81. The molecule has 34 heavy (non-hydrogen) atoms. The summed E-state index contributed by atoms with van der Waals surface area (Å²) in [5.41, 5.74) is 7.49. The highest BCUT2D eigenvalue weighted by Crippen LogP contribution is 2.41. The zero-order valence-electron chi connectivity index (χ0n) is 20.1. The Hall–Kier alpha value is -3.90. The van der Waals surface area contributed by atoms with Crippen molar-refractivity contribution in [1.29, 1.82) is 0 Å². The van der Waals surface area contributed by atoms with E-state index in [9.17, 15) is 0 Å². The molecule has 168 valence electrons. The second kappa shape index (κ2) is 10.8. The fourth-order valence-electron chi connectivity index (χ4n) is 5.16. The van der Waals surface area contributed by atoms with Gasteiger partial charge in [0.25, 0.3) is 0 Å². The van der Waals surface area contributed by atoms with E-state index in [2.05, 4.69) is 130 Å². The Kier molecular flexibility index (Phi) is 7.40. The van der Waals surface area contributed by atoms with Crippen LogP contribution in [0, 0.1) is 11.8 Å². The Balaban J connectivity index is 2.16. The normalized spacial score (nSPS) is 19.4. The van der Waals surface area contributed by atoms with E-state index in [0.29, 0.717) is 0 Å². The van der Waals surface area contributed by atoms with Crippen LogP contribution in [0.15, 0.2) is 151 Å². The molecule has 0 aliphatic heterocycles. The van der Waals surface area contributed by atoms with Crippen LogP contribution in [-0.2, 0) is 0 Å². The second-order valence-electron chi connectivity index (χ2n) is 8.52. The van der Waals surface area contributed by atoms with Gasteiger partial charge in [0.15, 0.2) is 0 Å². The molecule has 0 heteroatoms. The Morgan fingerprint density at radius 1 is 0.706 bits per heavy atom. The van der Waals surface area contributed by atoms with Crippen molar-refractivity contribution in [3.63, 3.8) is 0 Å². The van der Waals surface area contributed by atoms with E-state index >= 15 is 0 Å². The third-order valence-electron chi connectivity index (χ3n) is 6.69. The first-order valence-corrected chi connectivity index (χ1v) is 11.9. The first-order chi connectivity index (χ1) is 16.7. The van der Waals surface area contributed by atoms with Crippen LogP contribution in [0.2, 0.25) is 0 Å². The van der Waals surface area contributed by atoms with Gasteiger partial charge in [-0.2, -0.15) is 0 Å². The third-order valence-corrected chi connectivity index (χ3v) is 6.69. The minimum atomic E-state index is 0.247. The van der Waals surface area contributed by atoms with E-state index in [1.54, 1.807) is 0 Å². The molecule has 0 saturated carbocycles. The number of rotatable bonds is 5. The van der Waals surface area contributed by atoms with Gasteiger partial charge in [0, 0.05) is 11.8 Å². The lowest BCUT2D eigenvalue weighted by atomic mass is 9.69. The summed E-state index contributed by atoms with van der Waals surface area (Å²) >= 11 is 0. The van der Waals surface area contributed by atoms with Gasteiger partial charge in [-0.3, -0.25) is 0 Å². The Morgan fingerprint density at radius 2 is 1.26 bits per heavy atom. The molecule has 2 aromatic rings. The SMILES string of the molecule is C=CC(=CC)C(C=C)=C(C)C1=c2ccccc2=C(c2ccccccccc2)C2C=CC=CC12. The van der Waals surface area contributed by atoms with Crippen molar-refractivity contribution < 1.29 is 0 Å². The molecular formula is C34H32. The molecule has 0 fully saturated rings. The van der Waals surface area contributed by atoms with Crippen LogP contribution in [0.25, 0.3) is 11.1 Å². The zero-order chi connectivity index (χ0) is 23.9. The van der Waals surface area contributed by atoms with Crippen molar-refractivity contribution in [2.75, 3.05) is 0 Å². The first-order valence-electron chi connectivity index (χ1n) is 11.9. The smallest absolute Gasteiger partial charge is 0.0137 e. The van der Waals surface area contributed by atoms with Gasteiger partial charge in [-0.15, -0.1) is 0 Å². The number of hydrogen-bond acceptors (Lipinski definition) is 0. The van der Waals surface area contributed by atoms with Crippen molar-refractivity contribution in [3.8, 4) is 0 Å². The van der Waals surface area contributed by atoms with E-state index in [4.69, 9.17) is 0 Å². The van der Waals surface area contributed by atoms with Crippen molar-refractivity contribution in [2.45, 2.75) is 13.8 Å². The van der Waals surface area contributed by atoms with E-state index in [-0.39, 0.29) is 11.8 Å². The molecule has 0 N–H and O–H groups in total. The minimum Gasteiger partial charge on any atom is -0.0985 e. The summed E-state index contributed by atoms with van der Waals surface area (Å²) in [6.45, 7) is 12.5. The Morgan fingerprint density at radius 3 is 1.85 bits per heavy atom. The molecule has 0 heterocycles. The number of fused-ring (bicyclic) bond motifs is 2. The molecule has 0 nitrogen and oxygen atoms in total. The Labute approximate surface area is 204 Å². The summed E-state index contributed by atoms with van der Waals surface area (Å²) in [6.07, 6.45) is 15.1. The zero-order valence-corrected chi connectivity index (χ0v) is 20.1. The van der Waals surface area contributed by atoms with Gasteiger partial charge in [-0.1, -0.05) is 135 Å². The predicted molar refractivity (Wildman–Crippen MR) is 148 cm³/mol. The molecule has 2 aliphatic rings. The average molecular weight is 441 g/mol. The molecule has 0 saturated heterocycles. The van der Waals surface area contributed by atoms with Gasteiger partial charge in [0.2, 0.25) is 0 Å². The average Bonchev–Trinajstić information content (AvgIpc) is 2.88. The number of benzene rings is 1. The van der Waals surface area contributed by atoms with Crippen LogP contribution >= 0.6 is 0 Å². The molecule has 2 aliphatic carbocycles. The fourth-order valence-corrected chi connectivity index (χ4v) is 5.16. The van der Waals surface area contributed by atoms with Crippen molar-refractivity contribution in [1.82, 2.24) is 0 Å². The molecule has 0 bridgehead atoms. The maximum Gasteiger partial charge on any atom is 0.0137 e. The predicted octanol–water partition coefficient (Wildman–Crippen LogP) is 7.17. The number of allylic oxidation sites excluding steroid dienone is 10. The molecule has 0 radical (unpaired) electrons. The monoisotopic (exact) mass is 440 g/mol. The lowest BCUT2D eigenvalue weighted by Crippen LogP contribution is -2.40. The summed E-state index contributed by atoms with van der Waals surface area (Å²) < 4.78 is 0. The summed E-state index contributed by atoms with van der Waals surface area (Å²) in [6, 6.07) is 27.9. The highest BCUT2D eigenvalue weighted by atomic mass is 14.3. The topological polar surface area (TPSA) is 0 Å². The van der Waals surface area contributed by atoms with Gasteiger partial charge in [-0.25, -0.2) is 0 Å². The van der Waals surface area contributed by atoms with Gasteiger partial charge in [0.05, 0.1) is 0 Å². The van der Waals surface area contributed by atoms with E-state index in [1.165, 1.54) is 32.7 Å². The van der Waals surface area contributed by atoms with Gasteiger partial charge in [-0.05, 0) is 57.7 Å². The molecule has 2 unspecified atom stereocenters. The standard InChI is InChI=1S/C34H32/c1-5-26(6-2)28(7-3)25(4)33-29-21-15-17-23-31(29)34(32-24-18-16-22-30(32)33)27-19-13-11-9-8-10-12-14-20-27/h5-24,29,31H,1,3H2,2,4H3. The summed E-state index contributed by atoms with van der Waals surface area (Å²) in [5, 5.41) is 2.59. The van der Waals surface area contributed by atoms with E-state index in [1.807, 2.05) is 18.2 Å². The summed E-state index contributed by atoms with van der Waals surface area (Å²) in [7, 11) is 0. The van der Waals surface area contributed by atoms with E-state index in [0.717, 1.165) is 11.1 Å². The molecule has 2 atom stereocenters. The fraction of sp³-hybridized carbons (Fsp3) is 0.118. The van der Waals surface area contributed by atoms with Crippen LogP contribution in [0.5, 0.6) is 0 Å². The number of hydrogen-bond donors (Lipinski definition) is 0. The first kappa shape index (κ1) is 23.3. The second-order valence-corrected chi connectivity index (χ2v) is 8.52. The van der Waals surface area contributed by atoms with Crippen molar-refractivity contribution in [2.24, 2.45) is 11.8 Å². The lowest BCUT2D eigenvalue weighted by Gasteiger charge is -2.34. The van der Waals surface area contributed by atoms with Crippen LogP contribution < -0.4 is 10.4 Å². The highest BCUT2D eigenvalue weighted by Gasteiger charge is 2.32. The molecular weight excluding hydrogens is 408 g/mol. The largest absolute Gasteiger partial charge is 0.0985 e. The molecule has 4 rings (SSSR count). The Bertz CT molecular complexity index is 1380. The van der Waals surface area contributed by atoms with Crippen LogP contribution in [0.3, 0.4) is 0 Å². The van der Waals surface area contributed by atoms with Crippen LogP contribution in [0.4, 0.5) is 0 Å².